The van der Waals surface area contributed by atoms with Crippen molar-refractivity contribution in [3.05, 3.63) is 106 Å². The molecular weight excluding hydrogens is 530 g/mol. The molecule has 2 fully saturated rings. The second-order valence-corrected chi connectivity index (χ2v) is 10.6. The number of rotatable bonds is 7. The molecule has 0 amide bonds. The first-order valence-corrected chi connectivity index (χ1v) is 13.7. The second kappa shape index (κ2) is 12.4. The van der Waals surface area contributed by atoms with E-state index in [1.54, 1.807) is 55.3 Å². The third-order valence-corrected chi connectivity index (χ3v) is 7.71. The van der Waals surface area contributed by atoms with Gasteiger partial charge in [-0.05, 0) is 65.9 Å². The van der Waals surface area contributed by atoms with Crippen molar-refractivity contribution in [1.82, 2.24) is 10.1 Å². The predicted octanol–water partition coefficient (Wildman–Crippen LogP) is 5.82. The van der Waals surface area contributed by atoms with Crippen molar-refractivity contribution in [3.8, 4) is 0 Å². The molecule has 9 heteroatoms. The number of carbonyl (C=O) groups is 3. The maximum absolute atomic E-state index is 13.9. The number of hydrogen-bond donors (Lipinski definition) is 0. The van der Waals surface area contributed by atoms with Crippen LogP contribution >= 0.6 is 0 Å². The van der Waals surface area contributed by atoms with Gasteiger partial charge in [-0.1, -0.05) is 42.5 Å². The molecule has 7 nitrogen and oxygen atoms in total. The van der Waals surface area contributed by atoms with Crippen molar-refractivity contribution in [1.29, 1.82) is 0 Å². The Hall–Kier alpha value is -3.79. The molecule has 2 unspecified atom stereocenters. The normalized spacial score (nSPS) is 21.1. The molecule has 0 radical (unpaired) electrons. The summed E-state index contributed by atoms with van der Waals surface area (Å²) in [6.07, 6.45) is -0.450. The zero-order valence-corrected chi connectivity index (χ0v) is 23.0. The van der Waals surface area contributed by atoms with Crippen LogP contribution in [0.4, 0.5) is 8.78 Å². The Kier molecular flexibility index (Phi) is 8.68. The summed E-state index contributed by atoms with van der Waals surface area (Å²) in [5.74, 6) is -1.38. The molecule has 214 valence electrons. The molecule has 3 aromatic carbocycles. The molecule has 2 aliphatic heterocycles. The number of hydroxylamine groups is 4. The molecule has 5 rings (SSSR count). The summed E-state index contributed by atoms with van der Waals surface area (Å²) < 4.78 is 27.7. The molecule has 3 aromatic rings. The van der Waals surface area contributed by atoms with Gasteiger partial charge in [0.25, 0.3) is 0 Å². The lowest BCUT2D eigenvalue weighted by atomic mass is 9.93. The fourth-order valence-electron chi connectivity index (χ4n) is 5.58. The zero-order valence-electron chi connectivity index (χ0n) is 23.0. The molecule has 0 saturated carbocycles. The minimum Gasteiger partial charge on any atom is -0.365 e. The first-order valence-electron chi connectivity index (χ1n) is 13.7. The number of Topliss-reactive ketones (excluding diaryl/α,β-unsaturated/α-hetero) is 2. The average Bonchev–Trinajstić information content (AvgIpc) is 2.94. The van der Waals surface area contributed by atoms with E-state index in [0.29, 0.717) is 22.3 Å². The lowest BCUT2D eigenvalue weighted by molar-refractivity contribution is -0.261. The van der Waals surface area contributed by atoms with Crippen LogP contribution < -0.4 is 0 Å². The average molecular weight is 563 g/mol. The maximum Gasteiger partial charge on any atom is 0.360 e. The van der Waals surface area contributed by atoms with E-state index >= 15 is 0 Å². The van der Waals surface area contributed by atoms with Crippen LogP contribution in [0.3, 0.4) is 0 Å². The molecule has 0 spiro atoms. The topological polar surface area (TPSA) is 76.2 Å². The Bertz CT molecular complexity index is 1450. The Labute approximate surface area is 237 Å². The van der Waals surface area contributed by atoms with E-state index in [1.807, 2.05) is 6.07 Å². The van der Waals surface area contributed by atoms with E-state index in [-0.39, 0.29) is 62.0 Å². The van der Waals surface area contributed by atoms with Gasteiger partial charge in [0, 0.05) is 38.8 Å². The number of aryl methyl sites for hydroxylation is 2. The smallest absolute Gasteiger partial charge is 0.360 e. The number of hydrogen-bond acceptors (Lipinski definition) is 7. The first-order chi connectivity index (χ1) is 19.7. The number of ketones is 2. The Morgan fingerprint density at radius 1 is 0.780 bits per heavy atom. The van der Waals surface area contributed by atoms with E-state index < -0.39 is 24.2 Å². The summed E-state index contributed by atoms with van der Waals surface area (Å²) in [7, 11) is 0. The van der Waals surface area contributed by atoms with E-state index in [1.165, 1.54) is 29.3 Å². The van der Waals surface area contributed by atoms with Crippen LogP contribution in [0.15, 0.2) is 66.7 Å². The van der Waals surface area contributed by atoms with Gasteiger partial charge in [0.15, 0.2) is 0 Å². The molecule has 0 bridgehead atoms. The monoisotopic (exact) mass is 562 g/mol. The van der Waals surface area contributed by atoms with E-state index in [2.05, 4.69) is 0 Å². The third kappa shape index (κ3) is 6.59. The van der Waals surface area contributed by atoms with E-state index in [0.717, 1.165) is 5.56 Å². The molecule has 0 N–H and O–H groups in total. The van der Waals surface area contributed by atoms with Gasteiger partial charge in [-0.15, -0.1) is 5.06 Å². The highest BCUT2D eigenvalue weighted by Crippen LogP contribution is 2.36. The Morgan fingerprint density at radius 3 is 1.83 bits per heavy atom. The second-order valence-electron chi connectivity index (χ2n) is 10.6. The van der Waals surface area contributed by atoms with Gasteiger partial charge in [0.05, 0.1) is 12.1 Å². The fraction of sp³-hybridized carbons (Fsp3) is 0.344. The predicted molar refractivity (Wildman–Crippen MR) is 146 cm³/mol. The third-order valence-electron chi connectivity index (χ3n) is 7.71. The van der Waals surface area contributed by atoms with Crippen molar-refractivity contribution < 1.29 is 32.8 Å². The maximum atomic E-state index is 13.9. The molecular formula is C32H32F2N2O5. The van der Waals surface area contributed by atoms with Gasteiger partial charge in [-0.3, -0.25) is 14.4 Å². The number of piperidine rings is 2. The van der Waals surface area contributed by atoms with Crippen LogP contribution in [-0.2, 0) is 24.1 Å². The highest BCUT2D eigenvalue weighted by Gasteiger charge is 2.38. The first kappa shape index (κ1) is 28.7. The SMILES string of the molecule is Cc1cc(F)ccc1C1CC(=O)CCN1OC(=O)[C@H](ON1CCC(=O)CC1c1ccc(F)cc1C)c1ccccc1. The summed E-state index contributed by atoms with van der Waals surface area (Å²) in [5, 5.41) is 3.09. The van der Waals surface area contributed by atoms with Crippen molar-refractivity contribution in [3.63, 3.8) is 0 Å². The Morgan fingerprint density at radius 2 is 1.29 bits per heavy atom. The van der Waals surface area contributed by atoms with Gasteiger partial charge in [0.2, 0.25) is 6.10 Å². The minimum absolute atomic E-state index is 0.0253. The quantitative estimate of drug-likeness (QED) is 0.359. The zero-order chi connectivity index (χ0) is 29.1. The summed E-state index contributed by atoms with van der Waals surface area (Å²) >= 11 is 0. The molecule has 0 aliphatic carbocycles. The molecule has 2 aliphatic rings. The van der Waals surface area contributed by atoms with Crippen molar-refractivity contribution >= 4 is 17.5 Å². The van der Waals surface area contributed by atoms with Crippen LogP contribution in [0.2, 0.25) is 0 Å². The lowest BCUT2D eigenvalue weighted by Gasteiger charge is -2.38. The van der Waals surface area contributed by atoms with Crippen LogP contribution in [-0.4, -0.2) is 40.8 Å². The summed E-state index contributed by atoms with van der Waals surface area (Å²) in [6, 6.07) is 16.5. The number of carbonyl (C=O) groups excluding carboxylic acids is 3. The van der Waals surface area contributed by atoms with Crippen molar-refractivity contribution in [2.24, 2.45) is 0 Å². The van der Waals surface area contributed by atoms with E-state index in [9.17, 15) is 23.2 Å². The Balaban J connectivity index is 1.43. The molecule has 41 heavy (non-hydrogen) atoms. The number of nitrogens with zero attached hydrogens (tertiary/aromatic N) is 2. The molecule has 0 aromatic heterocycles. The highest BCUT2D eigenvalue weighted by atomic mass is 19.1. The summed E-state index contributed by atoms with van der Waals surface area (Å²) in [6.45, 7) is 3.95. The van der Waals surface area contributed by atoms with Gasteiger partial charge in [-0.2, -0.15) is 5.06 Å². The summed E-state index contributed by atoms with van der Waals surface area (Å²) in [5.41, 5.74) is 3.31. The number of benzene rings is 3. The fourth-order valence-corrected chi connectivity index (χ4v) is 5.58. The summed E-state index contributed by atoms with van der Waals surface area (Å²) in [4.78, 5) is 51.0. The lowest BCUT2D eigenvalue weighted by Crippen LogP contribution is -2.43. The van der Waals surface area contributed by atoms with Crippen LogP contribution in [0, 0.1) is 25.5 Å². The van der Waals surface area contributed by atoms with Gasteiger partial charge >= 0.3 is 5.97 Å². The standard InChI is InChI=1S/C32H32F2N2O5/c1-20-16-23(33)8-10-27(20)29-18-25(37)12-14-35(29)40-31(22-6-4-3-5-7-22)32(39)41-36-15-13-26(38)19-30(36)28-11-9-24(34)17-21(28)2/h3-11,16-17,29-31H,12-15,18-19H2,1-2H3/t29?,30?,31-/m1/s1. The van der Waals surface area contributed by atoms with Crippen molar-refractivity contribution in [2.45, 2.75) is 57.7 Å². The highest BCUT2D eigenvalue weighted by molar-refractivity contribution is 5.81. The van der Waals surface area contributed by atoms with Gasteiger partial charge < -0.3 is 4.84 Å². The van der Waals surface area contributed by atoms with Crippen molar-refractivity contribution in [2.75, 3.05) is 13.1 Å². The number of halogens is 2. The molecule has 3 atom stereocenters. The van der Waals surface area contributed by atoms with Crippen LogP contribution in [0.25, 0.3) is 0 Å². The van der Waals surface area contributed by atoms with Crippen LogP contribution in [0.1, 0.15) is 71.7 Å². The van der Waals surface area contributed by atoms with Gasteiger partial charge in [-0.25, -0.2) is 13.6 Å². The van der Waals surface area contributed by atoms with E-state index in [4.69, 9.17) is 9.68 Å². The molecule has 2 saturated heterocycles. The van der Waals surface area contributed by atoms with Crippen LogP contribution in [0.5, 0.6) is 0 Å². The molecule has 2 heterocycles. The largest absolute Gasteiger partial charge is 0.365 e. The van der Waals surface area contributed by atoms with Gasteiger partial charge in [0.1, 0.15) is 23.2 Å². The minimum atomic E-state index is -1.18.